The molecule has 0 spiro atoms. The van der Waals surface area contributed by atoms with Crippen LogP contribution in [-0.4, -0.2) is 11.4 Å². The molecule has 3 rings (SSSR count). The highest BCUT2D eigenvalue weighted by atomic mass is 19.4. The summed E-state index contributed by atoms with van der Waals surface area (Å²) in [5.41, 5.74) is 2.48. The van der Waals surface area contributed by atoms with Crippen LogP contribution in [0, 0.1) is 0 Å². The van der Waals surface area contributed by atoms with E-state index in [9.17, 15) is 18.0 Å². The van der Waals surface area contributed by atoms with Gasteiger partial charge in [0.05, 0.1) is 16.9 Å². The number of nitrogens with zero attached hydrogens (tertiary/aromatic N) is 2. The molecule has 2 aromatic carbocycles. The van der Waals surface area contributed by atoms with Crippen LogP contribution in [0.2, 0.25) is 0 Å². The molecular weight excluding hydrogens is 359 g/mol. The SMILES string of the molecule is O=CN(Nc1ccc(Oc2ccncc2)cc1)c1cccc(C(F)(F)F)c1. The summed E-state index contributed by atoms with van der Waals surface area (Å²) in [4.78, 5) is 15.2. The van der Waals surface area contributed by atoms with Crippen molar-refractivity contribution in [3.05, 3.63) is 78.6 Å². The number of halogens is 3. The number of pyridine rings is 1. The number of hydrogen-bond donors (Lipinski definition) is 1. The lowest BCUT2D eigenvalue weighted by Crippen LogP contribution is -2.28. The smallest absolute Gasteiger partial charge is 0.416 e. The van der Waals surface area contributed by atoms with Crippen LogP contribution in [0.25, 0.3) is 0 Å². The van der Waals surface area contributed by atoms with Crippen LogP contribution in [0.4, 0.5) is 24.5 Å². The lowest BCUT2D eigenvalue weighted by Gasteiger charge is -2.21. The van der Waals surface area contributed by atoms with Gasteiger partial charge in [0.2, 0.25) is 6.41 Å². The van der Waals surface area contributed by atoms with Gasteiger partial charge in [0.15, 0.2) is 0 Å². The number of rotatable bonds is 6. The predicted octanol–water partition coefficient (Wildman–Crippen LogP) is 4.88. The number of benzene rings is 2. The molecule has 27 heavy (non-hydrogen) atoms. The van der Waals surface area contributed by atoms with Crippen LogP contribution >= 0.6 is 0 Å². The monoisotopic (exact) mass is 373 g/mol. The summed E-state index contributed by atoms with van der Waals surface area (Å²) in [6, 6.07) is 14.5. The molecule has 5 nitrogen and oxygen atoms in total. The molecule has 0 saturated heterocycles. The minimum atomic E-state index is -4.49. The summed E-state index contributed by atoms with van der Waals surface area (Å²) >= 11 is 0. The molecule has 0 aliphatic rings. The van der Waals surface area contributed by atoms with Crippen molar-refractivity contribution < 1.29 is 22.7 Å². The second-order valence-electron chi connectivity index (χ2n) is 5.44. The fraction of sp³-hybridized carbons (Fsp3) is 0.0526. The van der Waals surface area contributed by atoms with E-state index < -0.39 is 11.7 Å². The summed E-state index contributed by atoms with van der Waals surface area (Å²) in [6.07, 6.45) is -0.891. The number of aromatic nitrogens is 1. The third kappa shape index (κ3) is 4.75. The standard InChI is InChI=1S/C19H14F3N3O2/c20-19(21,22)14-2-1-3-16(12-14)25(13-26)24-15-4-6-17(7-5-15)27-18-8-10-23-11-9-18/h1-13,24H. The largest absolute Gasteiger partial charge is 0.457 e. The zero-order valence-corrected chi connectivity index (χ0v) is 13.9. The maximum atomic E-state index is 12.8. The first-order valence-corrected chi connectivity index (χ1v) is 7.82. The molecule has 0 atom stereocenters. The number of hydrazine groups is 1. The Morgan fingerprint density at radius 1 is 0.963 bits per heavy atom. The van der Waals surface area contributed by atoms with Crippen molar-refractivity contribution in [2.75, 3.05) is 10.4 Å². The molecule has 8 heteroatoms. The third-order valence-corrected chi connectivity index (χ3v) is 3.55. The highest BCUT2D eigenvalue weighted by Crippen LogP contribution is 2.31. The van der Waals surface area contributed by atoms with Crippen molar-refractivity contribution in [2.45, 2.75) is 6.18 Å². The Morgan fingerprint density at radius 3 is 2.26 bits per heavy atom. The van der Waals surface area contributed by atoms with Gasteiger partial charge in [-0.15, -0.1) is 0 Å². The van der Waals surface area contributed by atoms with Crippen molar-refractivity contribution in [1.29, 1.82) is 0 Å². The van der Waals surface area contributed by atoms with Gasteiger partial charge in [0.25, 0.3) is 0 Å². The first-order valence-electron chi connectivity index (χ1n) is 7.82. The molecular formula is C19H14F3N3O2. The Morgan fingerprint density at radius 2 is 1.63 bits per heavy atom. The molecule has 0 fully saturated rings. The molecule has 0 unspecified atom stereocenters. The predicted molar refractivity (Wildman–Crippen MR) is 94.4 cm³/mol. The van der Waals surface area contributed by atoms with E-state index in [1.807, 2.05) is 0 Å². The summed E-state index contributed by atoms with van der Waals surface area (Å²) in [6.45, 7) is 0. The molecule has 3 aromatic rings. The molecule has 0 bridgehead atoms. The molecule has 0 aliphatic heterocycles. The van der Waals surface area contributed by atoms with Gasteiger partial charge in [-0.05, 0) is 54.6 Å². The number of alkyl halides is 3. The zero-order valence-electron chi connectivity index (χ0n) is 13.9. The van der Waals surface area contributed by atoms with Gasteiger partial charge in [-0.3, -0.25) is 15.2 Å². The summed E-state index contributed by atoms with van der Waals surface area (Å²) in [5, 5.41) is 0.966. The quantitative estimate of drug-likeness (QED) is 0.494. The molecule has 0 radical (unpaired) electrons. The second-order valence-corrected chi connectivity index (χ2v) is 5.44. The topological polar surface area (TPSA) is 54.5 Å². The summed E-state index contributed by atoms with van der Waals surface area (Å²) < 4.78 is 44.1. The average Bonchev–Trinajstić information content (AvgIpc) is 2.68. The van der Waals surface area contributed by atoms with E-state index in [0.29, 0.717) is 23.6 Å². The van der Waals surface area contributed by atoms with Gasteiger partial charge in [0.1, 0.15) is 11.5 Å². The van der Waals surface area contributed by atoms with E-state index in [1.54, 1.807) is 48.8 Å². The lowest BCUT2D eigenvalue weighted by atomic mass is 10.2. The number of carbonyl (C=O) groups excluding carboxylic acids is 1. The second kappa shape index (κ2) is 7.77. The molecule has 1 heterocycles. The molecule has 1 amide bonds. The maximum Gasteiger partial charge on any atom is 0.416 e. The van der Waals surface area contributed by atoms with Crippen molar-refractivity contribution in [3.8, 4) is 11.5 Å². The highest BCUT2D eigenvalue weighted by Gasteiger charge is 2.30. The van der Waals surface area contributed by atoms with E-state index in [1.165, 1.54) is 12.1 Å². The Hall–Kier alpha value is -3.55. The van der Waals surface area contributed by atoms with Crippen molar-refractivity contribution >= 4 is 17.8 Å². The first kappa shape index (κ1) is 18.2. The Bertz CT molecular complexity index is 900. The fourth-order valence-corrected chi connectivity index (χ4v) is 2.26. The number of nitrogens with one attached hydrogen (secondary N) is 1. The van der Waals surface area contributed by atoms with Crippen LogP contribution in [-0.2, 0) is 11.0 Å². The maximum absolute atomic E-state index is 12.8. The first-order chi connectivity index (χ1) is 13.0. The number of anilines is 2. The fourth-order valence-electron chi connectivity index (χ4n) is 2.26. The number of hydrogen-bond acceptors (Lipinski definition) is 4. The number of ether oxygens (including phenoxy) is 1. The minimum absolute atomic E-state index is 0.0666. The van der Waals surface area contributed by atoms with Gasteiger partial charge < -0.3 is 4.74 Å². The molecule has 0 saturated carbocycles. The Kier molecular flexibility index (Phi) is 5.25. The van der Waals surface area contributed by atoms with E-state index >= 15 is 0 Å². The van der Waals surface area contributed by atoms with Crippen LogP contribution < -0.4 is 15.2 Å². The summed E-state index contributed by atoms with van der Waals surface area (Å²) in [5.74, 6) is 1.17. The van der Waals surface area contributed by atoms with E-state index in [4.69, 9.17) is 4.74 Å². The van der Waals surface area contributed by atoms with Crippen LogP contribution in [0.3, 0.4) is 0 Å². The molecule has 1 N–H and O–H groups in total. The van der Waals surface area contributed by atoms with Crippen LogP contribution in [0.15, 0.2) is 73.1 Å². The van der Waals surface area contributed by atoms with E-state index in [-0.39, 0.29) is 5.69 Å². The third-order valence-electron chi connectivity index (χ3n) is 3.55. The van der Waals surface area contributed by atoms with Crippen molar-refractivity contribution in [1.82, 2.24) is 4.98 Å². The number of carbonyl (C=O) groups is 1. The highest BCUT2D eigenvalue weighted by molar-refractivity contribution is 5.79. The van der Waals surface area contributed by atoms with E-state index in [0.717, 1.165) is 17.1 Å². The normalized spacial score (nSPS) is 10.9. The minimum Gasteiger partial charge on any atom is -0.457 e. The van der Waals surface area contributed by atoms with Crippen molar-refractivity contribution in [3.63, 3.8) is 0 Å². The Labute approximate surface area is 153 Å². The average molecular weight is 373 g/mol. The van der Waals surface area contributed by atoms with E-state index in [2.05, 4.69) is 10.4 Å². The van der Waals surface area contributed by atoms with Crippen LogP contribution in [0.1, 0.15) is 5.56 Å². The molecule has 1 aromatic heterocycles. The van der Waals surface area contributed by atoms with Gasteiger partial charge in [-0.1, -0.05) is 6.07 Å². The number of amides is 1. The van der Waals surface area contributed by atoms with Gasteiger partial charge in [0, 0.05) is 12.4 Å². The van der Waals surface area contributed by atoms with Crippen LogP contribution in [0.5, 0.6) is 11.5 Å². The van der Waals surface area contributed by atoms with Gasteiger partial charge >= 0.3 is 6.18 Å². The Balaban J connectivity index is 1.72. The van der Waals surface area contributed by atoms with Gasteiger partial charge in [-0.25, -0.2) is 5.01 Å². The lowest BCUT2D eigenvalue weighted by molar-refractivity contribution is -0.137. The zero-order chi connectivity index (χ0) is 19.3. The van der Waals surface area contributed by atoms with Crippen molar-refractivity contribution in [2.24, 2.45) is 0 Å². The molecule has 138 valence electrons. The van der Waals surface area contributed by atoms with Gasteiger partial charge in [-0.2, -0.15) is 13.2 Å². The molecule has 0 aliphatic carbocycles. The summed E-state index contributed by atoms with van der Waals surface area (Å²) in [7, 11) is 0.